The van der Waals surface area contributed by atoms with Gasteiger partial charge in [0, 0.05) is 59.5 Å². The summed E-state index contributed by atoms with van der Waals surface area (Å²) in [5.74, 6) is -0.204. The number of benzene rings is 2. The molecule has 1 unspecified atom stereocenters. The van der Waals surface area contributed by atoms with Crippen molar-refractivity contribution in [3.8, 4) is 0 Å². The van der Waals surface area contributed by atoms with Crippen molar-refractivity contribution in [1.82, 2.24) is 4.98 Å². The van der Waals surface area contributed by atoms with Crippen LogP contribution in [0.3, 0.4) is 0 Å². The molecule has 0 aliphatic carbocycles. The fraction of sp³-hybridized carbons (Fsp3) is 0.133. The summed E-state index contributed by atoms with van der Waals surface area (Å²) in [7, 11) is 0. The van der Waals surface area contributed by atoms with Crippen LogP contribution in [0.15, 0.2) is 36.4 Å². The maximum Gasteiger partial charge on any atom is 0.0466 e. The van der Waals surface area contributed by atoms with Crippen LogP contribution in [0.5, 0.6) is 0 Å². The molecule has 3 rings (SSSR count). The smallest absolute Gasteiger partial charge is 0.0466 e. The molecule has 1 heterocycles. The maximum atomic E-state index is 10.7. The van der Waals surface area contributed by atoms with Gasteiger partial charge in [0.15, 0.2) is 0 Å². The molecule has 2 aromatic carbocycles. The number of fused-ring (bicyclic) bond motifs is 3. The van der Waals surface area contributed by atoms with Gasteiger partial charge in [-0.2, -0.15) is 0 Å². The van der Waals surface area contributed by atoms with Crippen molar-refractivity contribution in [3.05, 3.63) is 47.0 Å². The van der Waals surface area contributed by atoms with E-state index in [0.29, 0.717) is 0 Å². The van der Waals surface area contributed by atoms with E-state index in [1.54, 1.807) is 0 Å². The molecule has 0 fully saturated rings. The summed E-state index contributed by atoms with van der Waals surface area (Å²) in [6, 6.07) is 11.8. The Bertz CT molecular complexity index is 750. The van der Waals surface area contributed by atoms with Crippen LogP contribution in [0.2, 0.25) is 5.02 Å². The molecule has 0 saturated heterocycles. The Hall–Kier alpha value is -0.696. The van der Waals surface area contributed by atoms with Gasteiger partial charge in [-0.3, -0.25) is 6.29 Å². The summed E-state index contributed by atoms with van der Waals surface area (Å²) in [5.41, 5.74) is 3.04. The first kappa shape index (κ1) is 14.7. The number of aromatic amines is 1. The first-order valence-corrected chi connectivity index (χ1v) is 6.15. The van der Waals surface area contributed by atoms with Gasteiger partial charge in [-0.25, -0.2) is 0 Å². The molecule has 1 aromatic heterocycles. The third-order valence-corrected chi connectivity index (χ3v) is 3.50. The Labute approximate surface area is 141 Å². The number of carbonyl (C=O) groups excluding carboxylic acids is 1. The molecule has 0 amide bonds. The zero-order chi connectivity index (χ0) is 12.7. The zero-order valence-corrected chi connectivity index (χ0v) is 14.0. The van der Waals surface area contributed by atoms with Gasteiger partial charge in [0.2, 0.25) is 0 Å². The molecule has 4 heteroatoms. The second-order valence-corrected chi connectivity index (χ2v) is 4.90. The molecule has 1 radical (unpaired) electrons. The van der Waals surface area contributed by atoms with E-state index < -0.39 is 0 Å². The minimum Gasteiger partial charge on any atom is -0.541 e. The van der Waals surface area contributed by atoms with E-state index in [4.69, 9.17) is 11.6 Å². The van der Waals surface area contributed by atoms with E-state index in [9.17, 15) is 4.79 Å². The summed E-state index contributed by atoms with van der Waals surface area (Å²) in [6.07, 6.45) is 2.00. The van der Waals surface area contributed by atoms with Gasteiger partial charge in [0.25, 0.3) is 0 Å². The van der Waals surface area contributed by atoms with Crippen LogP contribution in [0.25, 0.3) is 21.8 Å². The van der Waals surface area contributed by atoms with Crippen molar-refractivity contribution < 1.29 is 37.5 Å². The first-order valence-electron chi connectivity index (χ1n) is 5.77. The molecule has 1 N–H and O–H groups in total. The fourth-order valence-corrected chi connectivity index (χ4v) is 2.40. The van der Waals surface area contributed by atoms with E-state index in [1.165, 1.54) is 0 Å². The number of halogens is 1. The summed E-state index contributed by atoms with van der Waals surface area (Å²) >= 11 is 6.01. The van der Waals surface area contributed by atoms with Crippen LogP contribution in [-0.4, -0.2) is 11.3 Å². The van der Waals surface area contributed by atoms with Crippen LogP contribution in [-0.2, 0) is 37.5 Å². The average molecular weight is 346 g/mol. The molecule has 19 heavy (non-hydrogen) atoms. The quantitative estimate of drug-likeness (QED) is 0.694. The van der Waals surface area contributed by atoms with Crippen LogP contribution >= 0.6 is 11.6 Å². The zero-order valence-electron chi connectivity index (χ0n) is 10.4. The Balaban J connectivity index is 0.00000133. The van der Waals surface area contributed by atoms with Gasteiger partial charge >= 0.3 is 0 Å². The topological polar surface area (TPSA) is 32.9 Å². The fourth-order valence-electron chi connectivity index (χ4n) is 2.23. The van der Waals surface area contributed by atoms with Gasteiger partial charge in [-0.15, -0.1) is 5.92 Å². The number of nitrogens with one attached hydrogen (secondary N) is 1. The maximum absolute atomic E-state index is 10.7. The first-order chi connectivity index (χ1) is 8.69. The standard InChI is InChI=1S/C15H11ClNO.Y/c1-9(8-18)10-2-4-12-13-7-11(16)3-5-14(13)17-15(12)6-10;/h2-7,9,17H,1H3;/q-1;. The van der Waals surface area contributed by atoms with Crippen LogP contribution in [0, 0.1) is 0 Å². The number of hydrogen-bond donors (Lipinski definition) is 1. The summed E-state index contributed by atoms with van der Waals surface area (Å²) in [5, 5.41) is 2.95. The summed E-state index contributed by atoms with van der Waals surface area (Å²) < 4.78 is 0. The minimum atomic E-state index is -0.204. The molecule has 0 spiro atoms. The largest absolute Gasteiger partial charge is 0.541 e. The minimum absolute atomic E-state index is 0. The molecular weight excluding hydrogens is 335 g/mol. The van der Waals surface area contributed by atoms with Crippen LogP contribution in [0.1, 0.15) is 18.4 Å². The van der Waals surface area contributed by atoms with E-state index >= 15 is 0 Å². The third-order valence-electron chi connectivity index (χ3n) is 3.26. The Morgan fingerprint density at radius 3 is 2.63 bits per heavy atom. The molecular formula is C15H11ClNOY-. The molecule has 93 valence electrons. The van der Waals surface area contributed by atoms with E-state index in [2.05, 4.69) is 4.98 Å². The molecule has 0 aliphatic heterocycles. The Kier molecular flexibility index (Phi) is 4.44. The Morgan fingerprint density at radius 1 is 1.11 bits per heavy atom. The summed E-state index contributed by atoms with van der Waals surface area (Å²) in [6.45, 7) is 1.84. The molecule has 1 atom stereocenters. The second kappa shape index (κ2) is 5.74. The van der Waals surface area contributed by atoms with Crippen molar-refractivity contribution in [2.24, 2.45) is 0 Å². The van der Waals surface area contributed by atoms with Gasteiger partial charge in [0.05, 0.1) is 0 Å². The SMILES string of the molecule is CC([C-]=O)c1ccc2c(c1)[nH]c1ccc(Cl)cc12.[Y]. The number of rotatable bonds is 2. The van der Waals surface area contributed by atoms with Crippen LogP contribution < -0.4 is 0 Å². The normalized spacial score (nSPS) is 12.3. The number of hydrogen-bond acceptors (Lipinski definition) is 1. The van der Waals surface area contributed by atoms with Crippen molar-refractivity contribution in [1.29, 1.82) is 0 Å². The van der Waals surface area contributed by atoms with Gasteiger partial charge in [-0.05, 0) is 24.3 Å². The molecule has 3 aromatic rings. The van der Waals surface area contributed by atoms with E-state index in [-0.39, 0.29) is 38.6 Å². The monoisotopic (exact) mass is 345 g/mol. The van der Waals surface area contributed by atoms with Crippen molar-refractivity contribution >= 4 is 39.7 Å². The summed E-state index contributed by atoms with van der Waals surface area (Å²) in [4.78, 5) is 14.0. The average Bonchev–Trinajstić information content (AvgIpc) is 2.74. The number of H-pyrrole nitrogens is 1. The van der Waals surface area contributed by atoms with Crippen molar-refractivity contribution in [2.75, 3.05) is 0 Å². The van der Waals surface area contributed by atoms with Crippen molar-refractivity contribution in [3.63, 3.8) is 0 Å². The molecule has 0 aliphatic rings. The van der Waals surface area contributed by atoms with Gasteiger partial charge < -0.3 is 9.78 Å². The van der Waals surface area contributed by atoms with E-state index in [1.807, 2.05) is 49.6 Å². The van der Waals surface area contributed by atoms with Crippen LogP contribution in [0.4, 0.5) is 0 Å². The molecule has 2 nitrogen and oxygen atoms in total. The second-order valence-electron chi connectivity index (χ2n) is 4.46. The Morgan fingerprint density at radius 2 is 1.89 bits per heavy atom. The third kappa shape index (κ3) is 2.62. The predicted octanol–water partition coefficient (Wildman–Crippen LogP) is 4.19. The van der Waals surface area contributed by atoms with Crippen molar-refractivity contribution in [2.45, 2.75) is 12.8 Å². The molecule has 0 saturated carbocycles. The molecule has 0 bridgehead atoms. The predicted molar refractivity (Wildman–Crippen MR) is 74.9 cm³/mol. The van der Waals surface area contributed by atoms with Gasteiger partial charge in [-0.1, -0.05) is 36.2 Å². The number of aromatic nitrogens is 1. The van der Waals surface area contributed by atoms with E-state index in [0.717, 1.165) is 32.4 Å². The van der Waals surface area contributed by atoms with Gasteiger partial charge in [0.1, 0.15) is 0 Å².